The lowest BCUT2D eigenvalue weighted by Gasteiger charge is -2.31. The van der Waals surface area contributed by atoms with Gasteiger partial charge in [-0.2, -0.15) is 0 Å². The molecule has 0 radical (unpaired) electrons. The molecule has 1 aliphatic rings. The molecule has 0 amide bonds. The van der Waals surface area contributed by atoms with Crippen molar-refractivity contribution in [2.75, 3.05) is 41.9 Å². The fraction of sp³-hybridized carbons (Fsp3) is 0.417. The van der Waals surface area contributed by atoms with E-state index in [1.165, 1.54) is 16.5 Å². The van der Waals surface area contributed by atoms with Gasteiger partial charge in [0.2, 0.25) is 0 Å². The number of carbonyl (C=O) groups excluding carboxylic acids is 2. The summed E-state index contributed by atoms with van der Waals surface area (Å²) in [6.45, 7) is -0.189. The first-order valence-corrected chi connectivity index (χ1v) is 12.5. The molecule has 3 atom stereocenters. The normalized spacial score (nSPS) is 20.1. The number of esters is 2. The molecule has 1 aliphatic heterocycles. The minimum atomic E-state index is -3.38. The molecule has 3 rings (SSSR count). The lowest BCUT2D eigenvalue weighted by atomic mass is 10.1. The van der Waals surface area contributed by atoms with Crippen LogP contribution in [0, 0.1) is 0 Å². The average molecular weight is 506 g/mol. The fourth-order valence-electron chi connectivity index (χ4n) is 3.55. The van der Waals surface area contributed by atoms with Crippen molar-refractivity contribution < 1.29 is 37.6 Å². The molecule has 2 aromatic rings. The standard InChI is InChI=1S/C24H31N2O8P/c1-25(2)35(29,26(3)4)34-22-15-20(33-24(28)18-13-9-10-14-19(18)30-5)21(32-22)16-31-23(27)17-11-7-6-8-12-17/h6-14,20-22H,15-16H2,1-5H3/t20-,21+,22-/m0/s1. The van der Waals surface area contributed by atoms with Gasteiger partial charge in [0.15, 0.2) is 6.29 Å². The monoisotopic (exact) mass is 506 g/mol. The quantitative estimate of drug-likeness (QED) is 0.352. The van der Waals surface area contributed by atoms with Crippen LogP contribution in [0.4, 0.5) is 0 Å². The van der Waals surface area contributed by atoms with E-state index in [0.717, 1.165) is 0 Å². The summed E-state index contributed by atoms with van der Waals surface area (Å²) in [5.41, 5.74) is 0.622. The molecular formula is C24H31N2O8P. The van der Waals surface area contributed by atoms with Crippen molar-refractivity contribution in [1.29, 1.82) is 0 Å². The van der Waals surface area contributed by atoms with Crippen LogP contribution in [0.25, 0.3) is 0 Å². The van der Waals surface area contributed by atoms with Gasteiger partial charge in [-0.25, -0.2) is 18.9 Å². The molecule has 0 aliphatic carbocycles. The topological polar surface area (TPSA) is 104 Å². The number of hydrogen-bond donors (Lipinski definition) is 0. The van der Waals surface area contributed by atoms with Gasteiger partial charge in [0.05, 0.1) is 12.7 Å². The number of benzene rings is 2. The molecule has 35 heavy (non-hydrogen) atoms. The van der Waals surface area contributed by atoms with Gasteiger partial charge >= 0.3 is 19.6 Å². The van der Waals surface area contributed by atoms with Crippen LogP contribution in [-0.2, 0) is 23.3 Å². The molecule has 1 saturated heterocycles. The maximum absolute atomic E-state index is 13.3. The predicted octanol–water partition coefficient (Wildman–Crippen LogP) is 3.44. The molecule has 10 nitrogen and oxygen atoms in total. The summed E-state index contributed by atoms with van der Waals surface area (Å²) in [7, 11) is 4.61. The van der Waals surface area contributed by atoms with Crippen LogP contribution >= 0.6 is 7.67 Å². The zero-order valence-corrected chi connectivity index (χ0v) is 21.3. The highest BCUT2D eigenvalue weighted by atomic mass is 31.2. The van der Waals surface area contributed by atoms with Gasteiger partial charge < -0.3 is 18.9 Å². The van der Waals surface area contributed by atoms with Crippen molar-refractivity contribution in [3.8, 4) is 5.75 Å². The van der Waals surface area contributed by atoms with E-state index in [4.69, 9.17) is 23.5 Å². The first kappa shape index (κ1) is 26.8. The number of para-hydroxylation sites is 1. The van der Waals surface area contributed by atoms with Gasteiger partial charge in [0.1, 0.15) is 30.1 Å². The van der Waals surface area contributed by atoms with E-state index < -0.39 is 38.1 Å². The Morgan fingerprint density at radius 3 is 2.23 bits per heavy atom. The summed E-state index contributed by atoms with van der Waals surface area (Å²) in [6.07, 6.45) is -2.51. The first-order chi connectivity index (χ1) is 16.7. The van der Waals surface area contributed by atoms with E-state index in [1.807, 2.05) is 0 Å². The van der Waals surface area contributed by atoms with Crippen LogP contribution in [0.5, 0.6) is 5.75 Å². The van der Waals surface area contributed by atoms with Gasteiger partial charge in [0, 0.05) is 6.42 Å². The van der Waals surface area contributed by atoms with E-state index in [9.17, 15) is 14.2 Å². The average Bonchev–Trinajstić information content (AvgIpc) is 3.22. The lowest BCUT2D eigenvalue weighted by Crippen LogP contribution is -2.32. The molecule has 0 N–H and O–H groups in total. The summed E-state index contributed by atoms with van der Waals surface area (Å²) < 4.78 is 44.4. The first-order valence-electron chi connectivity index (χ1n) is 11.0. The van der Waals surface area contributed by atoms with Gasteiger partial charge in [-0.05, 0) is 52.5 Å². The van der Waals surface area contributed by atoms with E-state index in [0.29, 0.717) is 11.3 Å². The van der Waals surface area contributed by atoms with Crippen LogP contribution in [-0.4, -0.2) is 81.7 Å². The molecular weight excluding hydrogens is 475 g/mol. The van der Waals surface area contributed by atoms with Gasteiger partial charge in [-0.15, -0.1) is 0 Å². The Morgan fingerprint density at radius 2 is 1.60 bits per heavy atom. The maximum atomic E-state index is 13.3. The second-order valence-electron chi connectivity index (χ2n) is 8.24. The van der Waals surface area contributed by atoms with Crippen LogP contribution in [0.2, 0.25) is 0 Å². The Balaban J connectivity index is 1.76. The van der Waals surface area contributed by atoms with Crippen molar-refractivity contribution in [3.63, 3.8) is 0 Å². The highest BCUT2D eigenvalue weighted by molar-refractivity contribution is 7.53. The van der Waals surface area contributed by atoms with Crippen molar-refractivity contribution in [2.24, 2.45) is 0 Å². The molecule has 0 aromatic heterocycles. The van der Waals surface area contributed by atoms with E-state index in [-0.39, 0.29) is 18.6 Å². The summed E-state index contributed by atoms with van der Waals surface area (Å²) in [4.78, 5) is 25.3. The predicted molar refractivity (Wildman–Crippen MR) is 128 cm³/mol. The smallest absolute Gasteiger partial charge is 0.347 e. The van der Waals surface area contributed by atoms with E-state index in [2.05, 4.69) is 0 Å². The van der Waals surface area contributed by atoms with Crippen LogP contribution in [0.1, 0.15) is 27.1 Å². The minimum Gasteiger partial charge on any atom is -0.496 e. The summed E-state index contributed by atoms with van der Waals surface area (Å²) in [6, 6.07) is 15.2. The van der Waals surface area contributed by atoms with Gasteiger partial charge in [0.25, 0.3) is 0 Å². The van der Waals surface area contributed by atoms with Crippen LogP contribution in [0.3, 0.4) is 0 Å². The number of rotatable bonds is 10. The number of ether oxygens (including phenoxy) is 4. The van der Waals surface area contributed by atoms with Crippen LogP contribution < -0.4 is 4.74 Å². The molecule has 0 spiro atoms. The van der Waals surface area contributed by atoms with Crippen molar-refractivity contribution in [1.82, 2.24) is 9.34 Å². The van der Waals surface area contributed by atoms with Crippen molar-refractivity contribution in [2.45, 2.75) is 24.9 Å². The molecule has 2 aromatic carbocycles. The molecule has 0 saturated carbocycles. The third kappa shape index (κ3) is 6.48. The molecule has 0 bridgehead atoms. The Hall–Kier alpha value is -2.75. The fourth-order valence-corrected chi connectivity index (χ4v) is 5.08. The zero-order chi connectivity index (χ0) is 25.6. The minimum absolute atomic E-state index is 0.0973. The van der Waals surface area contributed by atoms with Crippen molar-refractivity contribution >= 4 is 19.6 Å². The molecule has 11 heteroatoms. The summed E-state index contributed by atoms with van der Waals surface area (Å²) in [5, 5.41) is 0. The highest BCUT2D eigenvalue weighted by Crippen LogP contribution is 2.53. The van der Waals surface area contributed by atoms with Gasteiger partial charge in [-0.1, -0.05) is 30.3 Å². The third-order valence-electron chi connectivity index (χ3n) is 5.41. The number of methoxy groups -OCH3 is 1. The SMILES string of the molecule is COc1ccccc1C(=O)O[C@H]1C[C@H](OP(=O)(N(C)C)N(C)C)O[C@@H]1COC(=O)c1ccccc1. The summed E-state index contributed by atoms with van der Waals surface area (Å²) >= 11 is 0. The van der Waals surface area contributed by atoms with Crippen molar-refractivity contribution in [3.05, 3.63) is 65.7 Å². The third-order valence-corrected chi connectivity index (χ3v) is 7.94. The maximum Gasteiger partial charge on any atom is 0.347 e. The Bertz CT molecular complexity index is 1050. The van der Waals surface area contributed by atoms with Gasteiger partial charge in [-0.3, -0.25) is 9.09 Å². The summed E-state index contributed by atoms with van der Waals surface area (Å²) in [5.74, 6) is -0.805. The number of hydrogen-bond acceptors (Lipinski definition) is 8. The molecule has 1 fully saturated rings. The zero-order valence-electron chi connectivity index (χ0n) is 20.5. The Labute approximate surface area is 205 Å². The van der Waals surface area contributed by atoms with E-state index in [1.54, 1.807) is 82.8 Å². The number of nitrogens with zero attached hydrogens (tertiary/aromatic N) is 2. The second-order valence-corrected chi connectivity index (χ2v) is 11.0. The Kier molecular flexibility index (Phi) is 9.04. The highest BCUT2D eigenvalue weighted by Gasteiger charge is 2.44. The lowest BCUT2D eigenvalue weighted by molar-refractivity contribution is -0.101. The second kappa shape index (κ2) is 11.8. The van der Waals surface area contributed by atoms with E-state index >= 15 is 0 Å². The molecule has 1 heterocycles. The Morgan fingerprint density at radius 1 is 0.971 bits per heavy atom. The van der Waals surface area contributed by atoms with Crippen LogP contribution in [0.15, 0.2) is 54.6 Å². The number of carbonyl (C=O) groups is 2. The molecule has 190 valence electrons. The largest absolute Gasteiger partial charge is 0.496 e. The molecule has 0 unspecified atom stereocenters.